The van der Waals surface area contributed by atoms with E-state index >= 15 is 0 Å². The molecule has 1 saturated heterocycles. The Morgan fingerprint density at radius 2 is 2.04 bits per heavy atom. The van der Waals surface area contributed by atoms with Gasteiger partial charge in [0.25, 0.3) is 0 Å². The smallest absolute Gasteiger partial charge is 0.490 e. The lowest BCUT2D eigenvalue weighted by molar-refractivity contribution is -0.192. The first-order chi connectivity index (χ1) is 13.0. The van der Waals surface area contributed by atoms with Gasteiger partial charge in [-0.1, -0.05) is 0 Å². The van der Waals surface area contributed by atoms with Gasteiger partial charge in [-0.3, -0.25) is 4.79 Å². The van der Waals surface area contributed by atoms with Gasteiger partial charge in [0.1, 0.15) is 11.6 Å². The summed E-state index contributed by atoms with van der Waals surface area (Å²) in [5.41, 5.74) is 0.797. The predicted octanol–water partition coefficient (Wildman–Crippen LogP) is 3.00. The number of rotatable bonds is 6. The van der Waals surface area contributed by atoms with Crippen LogP contribution in [0.15, 0.2) is 18.2 Å². The monoisotopic (exact) mass is 408 g/mol. The minimum absolute atomic E-state index is 0.0480. The van der Waals surface area contributed by atoms with E-state index in [9.17, 15) is 22.4 Å². The second kappa shape index (κ2) is 10.8. The summed E-state index contributed by atoms with van der Waals surface area (Å²) in [7, 11) is 0. The molecule has 6 nitrogen and oxygen atoms in total. The highest BCUT2D eigenvalue weighted by atomic mass is 19.4. The maximum Gasteiger partial charge on any atom is 0.490 e. The fraction of sp³-hybridized carbons (Fsp3) is 0.556. The second-order valence-corrected chi connectivity index (χ2v) is 6.51. The van der Waals surface area contributed by atoms with E-state index in [-0.39, 0.29) is 23.9 Å². The molecule has 1 fully saturated rings. The summed E-state index contributed by atoms with van der Waals surface area (Å²) in [6.45, 7) is 5.09. The molecule has 1 amide bonds. The fourth-order valence-corrected chi connectivity index (χ4v) is 2.47. The molecule has 0 saturated carbocycles. The number of amides is 1. The second-order valence-electron chi connectivity index (χ2n) is 6.51. The molecule has 3 N–H and O–H groups in total. The Labute approximate surface area is 160 Å². The van der Waals surface area contributed by atoms with Crippen LogP contribution >= 0.6 is 0 Å². The maximum atomic E-state index is 13.4. The number of carbonyl (C=O) groups is 2. The van der Waals surface area contributed by atoms with Crippen LogP contribution in [0.5, 0.6) is 5.75 Å². The van der Waals surface area contributed by atoms with E-state index in [2.05, 4.69) is 10.6 Å². The zero-order valence-corrected chi connectivity index (χ0v) is 15.6. The highest BCUT2D eigenvalue weighted by molar-refractivity contribution is 5.76. The molecular formula is C18H24F4N2O4. The highest BCUT2D eigenvalue weighted by Gasteiger charge is 2.38. The van der Waals surface area contributed by atoms with Gasteiger partial charge in [-0.2, -0.15) is 13.2 Å². The van der Waals surface area contributed by atoms with E-state index in [1.165, 1.54) is 12.1 Å². The summed E-state index contributed by atoms with van der Waals surface area (Å²) >= 11 is 0. The van der Waals surface area contributed by atoms with Crippen LogP contribution < -0.4 is 15.4 Å². The third-order valence-corrected chi connectivity index (χ3v) is 3.66. The molecular weight excluding hydrogens is 384 g/mol. The number of carboxylic acids is 1. The van der Waals surface area contributed by atoms with E-state index in [1.54, 1.807) is 6.07 Å². The van der Waals surface area contributed by atoms with Gasteiger partial charge in [-0.25, -0.2) is 9.18 Å². The summed E-state index contributed by atoms with van der Waals surface area (Å²) in [6.07, 6.45) is -2.50. The van der Waals surface area contributed by atoms with Gasteiger partial charge in [0.2, 0.25) is 5.91 Å². The number of aliphatic carboxylic acids is 1. The Morgan fingerprint density at radius 1 is 1.39 bits per heavy atom. The Balaban J connectivity index is 0.000000480. The number of halogens is 4. The van der Waals surface area contributed by atoms with Gasteiger partial charge in [0.15, 0.2) is 0 Å². The van der Waals surface area contributed by atoms with Gasteiger partial charge in [-0.05, 0) is 44.9 Å². The number of benzene rings is 1. The Hall–Kier alpha value is -2.36. The highest BCUT2D eigenvalue weighted by Crippen LogP contribution is 2.21. The number of hydrogen-bond donors (Lipinski definition) is 3. The Morgan fingerprint density at radius 3 is 2.57 bits per heavy atom. The van der Waals surface area contributed by atoms with Crippen LogP contribution in [0.25, 0.3) is 0 Å². The molecule has 28 heavy (non-hydrogen) atoms. The molecule has 0 aromatic heterocycles. The van der Waals surface area contributed by atoms with Crippen molar-refractivity contribution in [1.29, 1.82) is 0 Å². The fourth-order valence-electron chi connectivity index (χ4n) is 2.47. The molecule has 158 valence electrons. The van der Waals surface area contributed by atoms with Crippen LogP contribution in [0.3, 0.4) is 0 Å². The van der Waals surface area contributed by atoms with Crippen LogP contribution in [0.4, 0.5) is 17.6 Å². The van der Waals surface area contributed by atoms with Gasteiger partial charge >= 0.3 is 12.1 Å². The van der Waals surface area contributed by atoms with Crippen molar-refractivity contribution in [2.45, 2.75) is 58.0 Å². The molecule has 0 spiro atoms. The molecule has 1 atom stereocenters. The zero-order valence-electron chi connectivity index (χ0n) is 15.6. The molecule has 1 aliphatic rings. The van der Waals surface area contributed by atoms with Crippen LogP contribution in [0.1, 0.15) is 38.7 Å². The number of nitrogens with one attached hydrogen (secondary N) is 2. The largest absolute Gasteiger partial charge is 0.491 e. The summed E-state index contributed by atoms with van der Waals surface area (Å²) in [5, 5.41) is 13.4. The van der Waals surface area contributed by atoms with Gasteiger partial charge in [0.05, 0.1) is 6.10 Å². The molecule has 0 unspecified atom stereocenters. The van der Waals surface area contributed by atoms with E-state index in [0.29, 0.717) is 25.3 Å². The Kier molecular flexibility index (Phi) is 9.17. The molecule has 0 bridgehead atoms. The molecule has 1 aliphatic heterocycles. The normalized spacial score (nSPS) is 16.8. The van der Waals surface area contributed by atoms with Crippen molar-refractivity contribution < 1.29 is 37.0 Å². The lowest BCUT2D eigenvalue weighted by Gasteiger charge is -2.23. The molecule has 1 heterocycles. The van der Waals surface area contributed by atoms with Crippen molar-refractivity contribution in [3.8, 4) is 5.75 Å². The van der Waals surface area contributed by atoms with Gasteiger partial charge < -0.3 is 20.5 Å². The van der Waals surface area contributed by atoms with Crippen LogP contribution in [-0.4, -0.2) is 41.8 Å². The summed E-state index contributed by atoms with van der Waals surface area (Å²) in [5.74, 6) is -2.21. The minimum Gasteiger partial charge on any atom is -0.491 e. The van der Waals surface area contributed by atoms with Crippen LogP contribution in [-0.2, 0) is 16.1 Å². The lowest BCUT2D eigenvalue weighted by atomic mass is 10.0. The van der Waals surface area contributed by atoms with Crippen molar-refractivity contribution in [3.63, 3.8) is 0 Å². The summed E-state index contributed by atoms with van der Waals surface area (Å²) < 4.78 is 50.8. The van der Waals surface area contributed by atoms with Crippen LogP contribution in [0, 0.1) is 5.82 Å². The van der Waals surface area contributed by atoms with Gasteiger partial charge in [0, 0.05) is 31.1 Å². The molecule has 10 heteroatoms. The maximum absolute atomic E-state index is 13.4. The van der Waals surface area contributed by atoms with Crippen molar-refractivity contribution in [2.24, 2.45) is 0 Å². The van der Waals surface area contributed by atoms with E-state index < -0.39 is 12.1 Å². The number of piperidine rings is 1. The minimum atomic E-state index is -5.08. The van der Waals surface area contributed by atoms with Crippen molar-refractivity contribution in [1.82, 2.24) is 10.6 Å². The lowest BCUT2D eigenvalue weighted by Crippen LogP contribution is -2.44. The zero-order chi connectivity index (χ0) is 21.3. The number of carbonyl (C=O) groups excluding carboxylic acids is 1. The standard InChI is InChI=1S/C16H23FN2O2.C2HF3O2/c1-11(2)21-15-7-6-13(17)8-12(15)9-18-10-14-4-3-5-16(20)19-14;3-2(4,5)1(6)7/h6-8,11,14,18H,3-5,9-10H2,1-2H3,(H,19,20);(H,6,7)/t14-;/m1./s1. The number of alkyl halides is 3. The van der Waals surface area contributed by atoms with Crippen molar-refractivity contribution in [2.75, 3.05) is 6.54 Å². The first-order valence-electron chi connectivity index (χ1n) is 8.74. The Bertz CT molecular complexity index is 665. The van der Waals surface area contributed by atoms with Gasteiger partial charge in [-0.15, -0.1) is 0 Å². The van der Waals surface area contributed by atoms with E-state index in [4.69, 9.17) is 14.6 Å². The molecule has 1 aromatic rings. The third-order valence-electron chi connectivity index (χ3n) is 3.66. The van der Waals surface area contributed by atoms with Crippen LogP contribution in [0.2, 0.25) is 0 Å². The average molecular weight is 408 g/mol. The predicted molar refractivity (Wildman–Crippen MR) is 93.3 cm³/mol. The number of ether oxygens (including phenoxy) is 1. The molecule has 0 aliphatic carbocycles. The molecule has 0 radical (unpaired) electrons. The number of hydrogen-bond acceptors (Lipinski definition) is 4. The van der Waals surface area contributed by atoms with Crippen molar-refractivity contribution in [3.05, 3.63) is 29.6 Å². The first kappa shape index (κ1) is 23.7. The topological polar surface area (TPSA) is 87.7 Å². The number of carboxylic acid groups (broad SMARTS) is 1. The molecule has 1 aromatic carbocycles. The molecule has 2 rings (SSSR count). The third kappa shape index (κ3) is 9.03. The first-order valence-corrected chi connectivity index (χ1v) is 8.74. The van der Waals surface area contributed by atoms with E-state index in [1.807, 2.05) is 13.8 Å². The quantitative estimate of drug-likeness (QED) is 0.630. The SMILES string of the molecule is CC(C)Oc1ccc(F)cc1CNC[C@H]1CCCC(=O)N1.O=C(O)C(F)(F)F. The van der Waals surface area contributed by atoms with Crippen molar-refractivity contribution >= 4 is 11.9 Å². The summed E-state index contributed by atoms with van der Waals surface area (Å²) in [6, 6.07) is 4.72. The average Bonchev–Trinajstić information content (AvgIpc) is 2.56. The summed E-state index contributed by atoms with van der Waals surface area (Å²) in [4.78, 5) is 20.2. The van der Waals surface area contributed by atoms with E-state index in [0.717, 1.165) is 18.4 Å².